The van der Waals surface area contributed by atoms with Crippen LogP contribution in [-0.4, -0.2) is 19.1 Å². The van der Waals surface area contributed by atoms with Crippen LogP contribution in [0.5, 0.6) is 5.75 Å². The Balaban J connectivity index is 1.80. The fourth-order valence-corrected chi connectivity index (χ4v) is 1.80. The third-order valence-corrected chi connectivity index (χ3v) is 2.93. The van der Waals surface area contributed by atoms with E-state index in [1.165, 1.54) is 24.5 Å². The number of hydrogen-bond acceptors (Lipinski definition) is 4. The van der Waals surface area contributed by atoms with Gasteiger partial charge in [0.2, 0.25) is 0 Å². The van der Waals surface area contributed by atoms with Crippen LogP contribution in [0.1, 0.15) is 21.7 Å². The molecule has 2 rings (SSSR count). The number of furan rings is 1. The molecule has 3 N–H and O–H groups in total. The highest BCUT2D eigenvalue weighted by Gasteiger charge is 2.30. The van der Waals surface area contributed by atoms with Gasteiger partial charge in [0.05, 0.1) is 24.2 Å². The lowest BCUT2D eigenvalue weighted by Gasteiger charge is -2.10. The Kier molecular flexibility index (Phi) is 5.28. The Morgan fingerprint density at radius 3 is 2.74 bits per heavy atom. The number of benzene rings is 1. The molecular formula is C15H15F3N2O3. The normalized spacial score (nSPS) is 11.3. The van der Waals surface area contributed by atoms with Crippen molar-refractivity contribution >= 4 is 5.91 Å². The van der Waals surface area contributed by atoms with Crippen molar-refractivity contribution in [2.75, 3.05) is 13.2 Å². The smallest absolute Gasteiger partial charge is 0.416 e. The average Bonchev–Trinajstić information content (AvgIpc) is 3.00. The van der Waals surface area contributed by atoms with Gasteiger partial charge in [-0.3, -0.25) is 4.79 Å². The van der Waals surface area contributed by atoms with Crippen molar-refractivity contribution in [2.24, 2.45) is 5.73 Å². The molecule has 0 atom stereocenters. The molecule has 124 valence electrons. The molecule has 1 heterocycles. The molecule has 0 fully saturated rings. The zero-order valence-electron chi connectivity index (χ0n) is 12.0. The van der Waals surface area contributed by atoms with E-state index in [1.807, 2.05) is 0 Å². The maximum absolute atomic E-state index is 12.6. The maximum Gasteiger partial charge on any atom is 0.416 e. The van der Waals surface area contributed by atoms with Gasteiger partial charge in [-0.05, 0) is 24.3 Å². The first-order valence-corrected chi connectivity index (χ1v) is 6.76. The van der Waals surface area contributed by atoms with E-state index in [9.17, 15) is 18.0 Å². The van der Waals surface area contributed by atoms with Crippen LogP contribution in [0, 0.1) is 0 Å². The average molecular weight is 328 g/mol. The standard InChI is InChI=1S/C15H15F3N2O3/c16-15(17,18)11-2-1-3-12(7-11)22-5-4-20-14(21)10-6-13(8-19)23-9-10/h1-3,6-7,9H,4-5,8,19H2,(H,20,21). The van der Waals surface area contributed by atoms with Crippen molar-refractivity contribution in [1.82, 2.24) is 5.32 Å². The highest BCUT2D eigenvalue weighted by Crippen LogP contribution is 2.31. The van der Waals surface area contributed by atoms with Crippen molar-refractivity contribution < 1.29 is 27.1 Å². The van der Waals surface area contributed by atoms with Gasteiger partial charge in [0.1, 0.15) is 24.4 Å². The second-order valence-corrected chi connectivity index (χ2v) is 4.64. The zero-order chi connectivity index (χ0) is 16.9. The molecule has 0 saturated carbocycles. The van der Waals surface area contributed by atoms with Crippen LogP contribution in [0.4, 0.5) is 13.2 Å². The van der Waals surface area contributed by atoms with Gasteiger partial charge in [-0.2, -0.15) is 13.2 Å². The number of carbonyl (C=O) groups is 1. The van der Waals surface area contributed by atoms with E-state index in [-0.39, 0.29) is 31.4 Å². The minimum Gasteiger partial charge on any atom is -0.492 e. The van der Waals surface area contributed by atoms with Crippen LogP contribution in [0.25, 0.3) is 0 Å². The van der Waals surface area contributed by atoms with Crippen LogP contribution < -0.4 is 15.8 Å². The quantitative estimate of drug-likeness (QED) is 0.799. The van der Waals surface area contributed by atoms with Crippen molar-refractivity contribution in [3.8, 4) is 5.75 Å². The van der Waals surface area contributed by atoms with Crippen molar-refractivity contribution in [1.29, 1.82) is 0 Å². The number of ether oxygens (including phenoxy) is 1. The molecule has 8 heteroatoms. The van der Waals surface area contributed by atoms with Crippen LogP contribution in [0.15, 0.2) is 41.0 Å². The Morgan fingerprint density at radius 2 is 2.09 bits per heavy atom. The fraction of sp³-hybridized carbons (Fsp3) is 0.267. The van der Waals surface area contributed by atoms with E-state index in [0.29, 0.717) is 11.3 Å². The second kappa shape index (κ2) is 7.19. The molecule has 1 aromatic heterocycles. The summed E-state index contributed by atoms with van der Waals surface area (Å²) in [5, 5.41) is 2.56. The van der Waals surface area contributed by atoms with Gasteiger partial charge < -0.3 is 20.2 Å². The number of alkyl halides is 3. The van der Waals surface area contributed by atoms with Gasteiger partial charge in [-0.15, -0.1) is 0 Å². The predicted molar refractivity (Wildman–Crippen MR) is 75.9 cm³/mol. The molecular weight excluding hydrogens is 313 g/mol. The van der Waals surface area contributed by atoms with E-state index >= 15 is 0 Å². The van der Waals surface area contributed by atoms with Crippen molar-refractivity contribution in [3.63, 3.8) is 0 Å². The second-order valence-electron chi connectivity index (χ2n) is 4.64. The first-order valence-electron chi connectivity index (χ1n) is 6.76. The van der Waals surface area contributed by atoms with E-state index in [1.54, 1.807) is 0 Å². The highest BCUT2D eigenvalue weighted by atomic mass is 19.4. The van der Waals surface area contributed by atoms with Crippen molar-refractivity contribution in [3.05, 3.63) is 53.5 Å². The number of nitrogens with two attached hydrogens (primary N) is 1. The van der Waals surface area contributed by atoms with Gasteiger partial charge in [0, 0.05) is 0 Å². The minimum absolute atomic E-state index is 0.0364. The molecule has 0 unspecified atom stereocenters. The summed E-state index contributed by atoms with van der Waals surface area (Å²) in [6.07, 6.45) is -3.14. The largest absolute Gasteiger partial charge is 0.492 e. The Bertz CT molecular complexity index is 668. The summed E-state index contributed by atoms with van der Waals surface area (Å²) in [7, 11) is 0. The summed E-state index contributed by atoms with van der Waals surface area (Å²) in [5.41, 5.74) is 4.90. The molecule has 0 spiro atoms. The molecule has 0 aliphatic carbocycles. The fourth-order valence-electron chi connectivity index (χ4n) is 1.80. The van der Waals surface area contributed by atoms with E-state index in [0.717, 1.165) is 12.1 Å². The zero-order valence-corrected chi connectivity index (χ0v) is 12.0. The third-order valence-electron chi connectivity index (χ3n) is 2.93. The molecule has 5 nitrogen and oxygen atoms in total. The van der Waals surface area contributed by atoms with Crippen LogP contribution >= 0.6 is 0 Å². The van der Waals surface area contributed by atoms with E-state index in [4.69, 9.17) is 14.9 Å². The van der Waals surface area contributed by atoms with Gasteiger partial charge in [-0.1, -0.05) is 6.07 Å². The topological polar surface area (TPSA) is 77.5 Å². The number of halogens is 3. The molecule has 0 saturated heterocycles. The van der Waals surface area contributed by atoms with Crippen molar-refractivity contribution in [2.45, 2.75) is 12.7 Å². The lowest BCUT2D eigenvalue weighted by molar-refractivity contribution is -0.137. The molecule has 2 aromatic rings. The summed E-state index contributed by atoms with van der Waals surface area (Å²) in [4.78, 5) is 11.8. The molecule has 0 aliphatic rings. The third kappa shape index (κ3) is 4.75. The summed E-state index contributed by atoms with van der Waals surface area (Å²) in [6.45, 7) is 0.360. The van der Waals surface area contributed by atoms with Crippen LogP contribution in [-0.2, 0) is 12.7 Å². The van der Waals surface area contributed by atoms with E-state index in [2.05, 4.69) is 5.32 Å². The van der Waals surface area contributed by atoms with Crippen LogP contribution in [0.2, 0.25) is 0 Å². The Morgan fingerprint density at radius 1 is 1.30 bits per heavy atom. The van der Waals surface area contributed by atoms with E-state index < -0.39 is 11.7 Å². The first-order chi connectivity index (χ1) is 10.9. The summed E-state index contributed by atoms with van der Waals surface area (Å²) in [6, 6.07) is 6.06. The first kappa shape index (κ1) is 16.9. The van der Waals surface area contributed by atoms with Gasteiger partial charge >= 0.3 is 6.18 Å². The number of hydrogen-bond donors (Lipinski definition) is 2. The Labute approximate surface area is 130 Å². The summed E-state index contributed by atoms with van der Waals surface area (Å²) >= 11 is 0. The van der Waals surface area contributed by atoms with Gasteiger partial charge in [0.25, 0.3) is 5.91 Å². The SMILES string of the molecule is NCc1cc(C(=O)NCCOc2cccc(C(F)(F)F)c2)co1. The molecule has 0 aliphatic heterocycles. The van der Waals surface area contributed by atoms with Gasteiger partial charge in [-0.25, -0.2) is 0 Å². The molecule has 1 amide bonds. The number of amides is 1. The highest BCUT2D eigenvalue weighted by molar-refractivity contribution is 5.93. The minimum atomic E-state index is -4.42. The lowest BCUT2D eigenvalue weighted by atomic mass is 10.2. The molecule has 1 aromatic carbocycles. The summed E-state index contributed by atoms with van der Waals surface area (Å²) < 4.78 is 47.9. The maximum atomic E-state index is 12.6. The number of rotatable bonds is 6. The monoisotopic (exact) mass is 328 g/mol. The predicted octanol–water partition coefficient (Wildman–Crippen LogP) is 2.57. The molecule has 23 heavy (non-hydrogen) atoms. The summed E-state index contributed by atoms with van der Waals surface area (Å²) in [5.74, 6) is 0.194. The lowest BCUT2D eigenvalue weighted by Crippen LogP contribution is -2.27. The Hall–Kier alpha value is -2.48. The molecule has 0 radical (unpaired) electrons. The van der Waals surface area contributed by atoms with Gasteiger partial charge in [0.15, 0.2) is 0 Å². The molecule has 0 bridgehead atoms. The number of nitrogens with one attached hydrogen (secondary N) is 1. The van der Waals surface area contributed by atoms with Crippen LogP contribution in [0.3, 0.4) is 0 Å². The number of carbonyl (C=O) groups excluding carboxylic acids is 1.